The Morgan fingerprint density at radius 2 is 1.94 bits per heavy atom. The van der Waals surface area contributed by atoms with Crippen molar-refractivity contribution in [3.8, 4) is 5.69 Å². The second-order valence-electron chi connectivity index (χ2n) is 8.85. The average molecular weight is 435 g/mol. The molecule has 2 aliphatic heterocycles. The molecule has 0 spiro atoms. The Kier molecular flexibility index (Phi) is 6.05. The molecule has 0 aliphatic carbocycles. The molecule has 2 fully saturated rings. The van der Waals surface area contributed by atoms with Gasteiger partial charge in [0.05, 0.1) is 36.6 Å². The number of nitrogens with zero attached hydrogens (tertiary/aromatic N) is 5. The van der Waals surface area contributed by atoms with Crippen molar-refractivity contribution >= 4 is 11.7 Å². The van der Waals surface area contributed by atoms with Gasteiger partial charge in [0.1, 0.15) is 5.82 Å². The molecule has 4 heterocycles. The van der Waals surface area contributed by atoms with Gasteiger partial charge in [0.15, 0.2) is 0 Å². The van der Waals surface area contributed by atoms with E-state index in [2.05, 4.69) is 57.8 Å². The Morgan fingerprint density at radius 3 is 2.69 bits per heavy atom. The summed E-state index contributed by atoms with van der Waals surface area (Å²) in [6.07, 6.45) is 8.64. The summed E-state index contributed by atoms with van der Waals surface area (Å²) >= 11 is 0. The lowest BCUT2D eigenvalue weighted by Crippen LogP contribution is -2.35. The van der Waals surface area contributed by atoms with Crippen LogP contribution in [0.1, 0.15) is 36.4 Å². The first-order chi connectivity index (χ1) is 15.7. The molecular weight excluding hydrogens is 404 g/mol. The Morgan fingerprint density at radius 1 is 1.12 bits per heavy atom. The molecule has 0 unspecified atom stereocenters. The minimum atomic E-state index is -0.0546. The van der Waals surface area contributed by atoms with E-state index in [9.17, 15) is 4.79 Å². The van der Waals surface area contributed by atoms with Crippen LogP contribution in [0.4, 0.5) is 5.82 Å². The Bertz CT molecular complexity index is 1040. The van der Waals surface area contributed by atoms with E-state index in [1.807, 2.05) is 21.6 Å². The Hall–Kier alpha value is -2.97. The number of ether oxygens (including phenoxy) is 1. The van der Waals surface area contributed by atoms with Gasteiger partial charge in [0.2, 0.25) is 5.91 Å². The molecule has 3 aromatic rings. The number of likely N-dealkylation sites (tertiary alicyclic amines) is 1. The van der Waals surface area contributed by atoms with Gasteiger partial charge in [0, 0.05) is 44.1 Å². The van der Waals surface area contributed by atoms with E-state index in [0.717, 1.165) is 50.4 Å². The van der Waals surface area contributed by atoms with Crippen LogP contribution in [0.15, 0.2) is 48.9 Å². The highest BCUT2D eigenvalue weighted by atomic mass is 16.5. The topological polar surface area (TPSA) is 77.2 Å². The molecule has 8 heteroatoms. The number of nitrogens with one attached hydrogen (secondary N) is 1. The molecule has 0 saturated carbocycles. The van der Waals surface area contributed by atoms with Crippen molar-refractivity contribution in [1.82, 2.24) is 24.5 Å². The summed E-state index contributed by atoms with van der Waals surface area (Å²) in [4.78, 5) is 14.9. The summed E-state index contributed by atoms with van der Waals surface area (Å²) in [5.41, 5.74) is 3.55. The minimum absolute atomic E-state index is 0.0345. The lowest BCUT2D eigenvalue weighted by Gasteiger charge is -2.32. The number of anilines is 1. The van der Waals surface area contributed by atoms with E-state index < -0.39 is 0 Å². The summed E-state index contributed by atoms with van der Waals surface area (Å²) < 4.78 is 9.27. The third-order valence-corrected chi connectivity index (χ3v) is 6.47. The third-order valence-electron chi connectivity index (χ3n) is 6.47. The van der Waals surface area contributed by atoms with E-state index in [1.165, 1.54) is 11.1 Å². The third kappa shape index (κ3) is 4.61. The van der Waals surface area contributed by atoms with E-state index in [1.54, 1.807) is 6.20 Å². The average Bonchev–Trinajstić information content (AvgIpc) is 3.57. The number of aryl methyl sites for hydroxylation is 1. The monoisotopic (exact) mass is 434 g/mol. The van der Waals surface area contributed by atoms with Crippen molar-refractivity contribution in [3.05, 3.63) is 60.0 Å². The molecule has 5 rings (SSSR count). The zero-order chi connectivity index (χ0) is 21.9. The lowest BCUT2D eigenvalue weighted by atomic mass is 10.0. The molecule has 1 aromatic carbocycles. The van der Waals surface area contributed by atoms with Gasteiger partial charge >= 0.3 is 0 Å². The molecule has 32 heavy (non-hydrogen) atoms. The maximum Gasteiger partial charge on any atom is 0.231 e. The van der Waals surface area contributed by atoms with Crippen molar-refractivity contribution in [3.63, 3.8) is 0 Å². The highest BCUT2D eigenvalue weighted by Gasteiger charge is 2.27. The van der Waals surface area contributed by atoms with Gasteiger partial charge in [-0.05, 0) is 38.3 Å². The number of benzene rings is 1. The largest absolute Gasteiger partial charge is 0.381 e. The van der Waals surface area contributed by atoms with E-state index in [0.29, 0.717) is 19.3 Å². The number of aromatic nitrogens is 4. The number of piperidine rings is 1. The molecule has 168 valence electrons. The first kappa shape index (κ1) is 20.9. The summed E-state index contributed by atoms with van der Waals surface area (Å²) in [7, 11) is 0. The summed E-state index contributed by atoms with van der Waals surface area (Å²) in [6, 6.07) is 10.6. The molecule has 1 N–H and O–H groups in total. The van der Waals surface area contributed by atoms with Crippen LogP contribution in [-0.4, -0.2) is 56.7 Å². The first-order valence-corrected chi connectivity index (χ1v) is 11.4. The van der Waals surface area contributed by atoms with Crippen LogP contribution < -0.4 is 5.32 Å². The van der Waals surface area contributed by atoms with Gasteiger partial charge < -0.3 is 10.1 Å². The molecule has 1 amide bonds. The SMILES string of the molecule is Cc1ccc(-n2cc(CN3CCC(n4nccc4NC(=O)[C@H]4CCOC4)CC3)cn2)cc1. The van der Waals surface area contributed by atoms with Crippen molar-refractivity contribution in [1.29, 1.82) is 0 Å². The fourth-order valence-corrected chi connectivity index (χ4v) is 4.53. The Balaban J connectivity index is 1.15. The highest BCUT2D eigenvalue weighted by Crippen LogP contribution is 2.27. The molecule has 2 aromatic heterocycles. The second kappa shape index (κ2) is 9.26. The van der Waals surface area contributed by atoms with Crippen molar-refractivity contribution in [2.75, 3.05) is 31.6 Å². The van der Waals surface area contributed by atoms with Gasteiger partial charge in [-0.2, -0.15) is 10.2 Å². The first-order valence-electron chi connectivity index (χ1n) is 11.4. The highest BCUT2D eigenvalue weighted by molar-refractivity contribution is 5.92. The predicted molar refractivity (Wildman–Crippen MR) is 122 cm³/mol. The number of hydrogen-bond acceptors (Lipinski definition) is 5. The van der Waals surface area contributed by atoms with Gasteiger partial charge in [-0.1, -0.05) is 17.7 Å². The van der Waals surface area contributed by atoms with Crippen LogP contribution in [0.25, 0.3) is 5.69 Å². The predicted octanol–water partition coefficient (Wildman–Crippen LogP) is 3.19. The summed E-state index contributed by atoms with van der Waals surface area (Å²) in [6.45, 7) is 6.14. The molecule has 0 bridgehead atoms. The second-order valence-corrected chi connectivity index (χ2v) is 8.85. The van der Waals surface area contributed by atoms with E-state index in [4.69, 9.17) is 4.74 Å². The van der Waals surface area contributed by atoms with Gasteiger partial charge in [0.25, 0.3) is 0 Å². The smallest absolute Gasteiger partial charge is 0.231 e. The van der Waals surface area contributed by atoms with E-state index >= 15 is 0 Å². The zero-order valence-electron chi connectivity index (χ0n) is 18.5. The Labute approximate surface area is 188 Å². The minimum Gasteiger partial charge on any atom is -0.381 e. The maximum atomic E-state index is 12.5. The number of carbonyl (C=O) groups is 1. The molecule has 2 saturated heterocycles. The number of amides is 1. The number of rotatable bonds is 6. The quantitative estimate of drug-likeness (QED) is 0.645. The number of carbonyl (C=O) groups excluding carboxylic acids is 1. The van der Waals surface area contributed by atoms with Crippen LogP contribution >= 0.6 is 0 Å². The maximum absolute atomic E-state index is 12.5. The zero-order valence-corrected chi connectivity index (χ0v) is 18.5. The standard InChI is InChI=1S/C24H30N6O2/c1-18-2-4-21(5-3-18)29-16-19(14-26-29)15-28-11-7-22(8-12-28)30-23(6-10-25-30)27-24(31)20-9-13-32-17-20/h2-6,10,14,16,20,22H,7-9,11-13,15,17H2,1H3,(H,27,31)/t20-/m0/s1. The van der Waals surface area contributed by atoms with Gasteiger partial charge in [-0.3, -0.25) is 9.69 Å². The number of hydrogen-bond donors (Lipinski definition) is 1. The fourth-order valence-electron chi connectivity index (χ4n) is 4.53. The summed E-state index contributed by atoms with van der Waals surface area (Å²) in [5.74, 6) is 0.771. The molecule has 8 nitrogen and oxygen atoms in total. The van der Waals surface area contributed by atoms with Crippen LogP contribution in [0.5, 0.6) is 0 Å². The summed E-state index contributed by atoms with van der Waals surface area (Å²) in [5, 5.41) is 12.1. The van der Waals surface area contributed by atoms with Crippen LogP contribution in [0, 0.1) is 12.8 Å². The lowest BCUT2D eigenvalue weighted by molar-refractivity contribution is -0.119. The molecular formula is C24H30N6O2. The molecule has 0 radical (unpaired) electrons. The van der Waals surface area contributed by atoms with Crippen LogP contribution in [0.2, 0.25) is 0 Å². The van der Waals surface area contributed by atoms with Crippen LogP contribution in [0.3, 0.4) is 0 Å². The van der Waals surface area contributed by atoms with Gasteiger partial charge in [-0.15, -0.1) is 0 Å². The van der Waals surface area contributed by atoms with Gasteiger partial charge in [-0.25, -0.2) is 9.36 Å². The fraction of sp³-hybridized carbons (Fsp3) is 0.458. The van der Waals surface area contributed by atoms with Crippen LogP contribution in [-0.2, 0) is 16.1 Å². The molecule has 1 atom stereocenters. The van der Waals surface area contributed by atoms with Crippen molar-refractivity contribution in [2.45, 2.75) is 38.8 Å². The normalized spacial score (nSPS) is 20.0. The van der Waals surface area contributed by atoms with Crippen molar-refractivity contribution in [2.24, 2.45) is 5.92 Å². The van der Waals surface area contributed by atoms with Crippen molar-refractivity contribution < 1.29 is 9.53 Å². The molecule has 2 aliphatic rings. The van der Waals surface area contributed by atoms with E-state index in [-0.39, 0.29) is 11.8 Å².